The molecule has 8 nitrogen and oxygen atoms in total. The molecule has 1 aliphatic carbocycles. The lowest BCUT2D eigenvalue weighted by atomic mass is 10.0. The van der Waals surface area contributed by atoms with Gasteiger partial charge in [-0.2, -0.15) is 0 Å². The number of amides is 2. The Morgan fingerprint density at radius 3 is 2.80 bits per heavy atom. The lowest BCUT2D eigenvalue weighted by Gasteiger charge is -2.36. The lowest BCUT2D eigenvalue weighted by Crippen LogP contribution is -2.47. The van der Waals surface area contributed by atoms with Crippen molar-refractivity contribution in [3.8, 4) is 0 Å². The number of pyridine rings is 2. The van der Waals surface area contributed by atoms with E-state index in [-0.39, 0.29) is 12.1 Å². The summed E-state index contributed by atoms with van der Waals surface area (Å²) in [7, 11) is 2.12. The van der Waals surface area contributed by atoms with E-state index in [0.717, 1.165) is 49.1 Å². The van der Waals surface area contributed by atoms with Crippen LogP contribution in [0.2, 0.25) is 0 Å². The Morgan fingerprint density at radius 1 is 1.27 bits per heavy atom. The van der Waals surface area contributed by atoms with E-state index in [1.807, 2.05) is 18.3 Å². The number of hydrogen-bond donors (Lipinski definition) is 4. The number of anilines is 1. The molecule has 1 aliphatic heterocycles. The third-order valence-corrected chi connectivity index (χ3v) is 5.76. The molecule has 0 radical (unpaired) electrons. The number of carbonyl (C=O) groups is 1. The van der Waals surface area contributed by atoms with E-state index in [2.05, 4.69) is 37.9 Å². The minimum atomic E-state index is -0.219. The maximum Gasteiger partial charge on any atom is 0.320 e. The summed E-state index contributed by atoms with van der Waals surface area (Å²) in [5, 5.41) is 16.9. The molecule has 2 fully saturated rings. The fraction of sp³-hybridized carbons (Fsp3) is 0.455. The number of urea groups is 1. The van der Waals surface area contributed by atoms with Gasteiger partial charge in [-0.15, -0.1) is 0 Å². The maximum absolute atomic E-state index is 12.2. The molecule has 0 aromatic carbocycles. The van der Waals surface area contributed by atoms with Crippen LogP contribution in [-0.4, -0.2) is 59.8 Å². The number of carbonyl (C=O) groups excluding carboxylic acids is 1. The first-order valence-corrected chi connectivity index (χ1v) is 10.6. The van der Waals surface area contributed by atoms with Crippen molar-refractivity contribution in [1.82, 2.24) is 25.5 Å². The molecule has 2 amide bonds. The summed E-state index contributed by atoms with van der Waals surface area (Å²) in [5.74, 6) is 1.14. The van der Waals surface area contributed by atoms with E-state index in [4.69, 9.17) is 5.41 Å². The molecule has 158 valence electrons. The summed E-state index contributed by atoms with van der Waals surface area (Å²) in [6.45, 7) is 3.10. The highest BCUT2D eigenvalue weighted by molar-refractivity contribution is 6.08. The zero-order valence-corrected chi connectivity index (χ0v) is 17.3. The molecule has 8 heteroatoms. The first kappa shape index (κ1) is 20.3. The zero-order chi connectivity index (χ0) is 20.9. The SMILES string of the molecule is CN1CC(CN/C=C(\C=N)c2cnc3ccc(NC(=O)NC4CCCC4)nc3c2)C1. The average Bonchev–Trinajstić information content (AvgIpc) is 3.22. The first-order valence-electron chi connectivity index (χ1n) is 10.6. The van der Waals surface area contributed by atoms with Crippen LogP contribution in [0.5, 0.6) is 0 Å². The zero-order valence-electron chi connectivity index (χ0n) is 17.3. The second-order valence-electron chi connectivity index (χ2n) is 8.28. The monoisotopic (exact) mass is 407 g/mol. The Hall–Kier alpha value is -3.00. The summed E-state index contributed by atoms with van der Waals surface area (Å²) < 4.78 is 0. The van der Waals surface area contributed by atoms with Crippen LogP contribution < -0.4 is 16.0 Å². The van der Waals surface area contributed by atoms with Gasteiger partial charge in [0.05, 0.1) is 11.0 Å². The molecule has 30 heavy (non-hydrogen) atoms. The molecule has 2 aliphatic rings. The molecule has 1 saturated carbocycles. The molecule has 2 aromatic heterocycles. The second-order valence-corrected chi connectivity index (χ2v) is 8.28. The number of aromatic nitrogens is 2. The third kappa shape index (κ3) is 4.94. The van der Waals surface area contributed by atoms with Gasteiger partial charge in [0.15, 0.2) is 0 Å². The standard InChI is InChI=1S/C22H29N7O/c1-29-13-15(14-29)10-24-11-17(9-23)16-8-20-19(25-12-16)6-7-21(27-20)28-22(30)26-18-4-2-3-5-18/h6-9,11-12,15,18,23-24H,2-5,10,13-14H2,1H3,(H2,26,27,28,30)/b17-11+,23-9?. The van der Waals surface area contributed by atoms with Crippen LogP contribution in [0, 0.1) is 11.3 Å². The molecule has 4 N–H and O–H groups in total. The Balaban J connectivity index is 1.43. The number of likely N-dealkylation sites (tertiary alicyclic amines) is 1. The Labute approximate surface area is 176 Å². The van der Waals surface area contributed by atoms with E-state index in [1.165, 1.54) is 19.1 Å². The van der Waals surface area contributed by atoms with Crippen LogP contribution in [0.25, 0.3) is 16.6 Å². The summed E-state index contributed by atoms with van der Waals surface area (Å²) in [4.78, 5) is 23.5. The largest absolute Gasteiger partial charge is 0.390 e. The van der Waals surface area contributed by atoms with Gasteiger partial charge < -0.3 is 20.9 Å². The van der Waals surface area contributed by atoms with Crippen molar-refractivity contribution in [2.24, 2.45) is 5.92 Å². The highest BCUT2D eigenvalue weighted by Gasteiger charge is 2.22. The second kappa shape index (κ2) is 9.21. The van der Waals surface area contributed by atoms with Gasteiger partial charge in [0, 0.05) is 61.3 Å². The number of nitrogens with one attached hydrogen (secondary N) is 4. The normalized spacial score (nSPS) is 18.2. The molecule has 0 unspecified atom stereocenters. The van der Waals surface area contributed by atoms with Gasteiger partial charge in [-0.05, 0) is 38.1 Å². The summed E-state index contributed by atoms with van der Waals surface area (Å²) in [6, 6.07) is 5.54. The smallest absolute Gasteiger partial charge is 0.320 e. The van der Waals surface area contributed by atoms with Crippen molar-refractivity contribution in [3.05, 3.63) is 36.2 Å². The molecule has 2 aromatic rings. The van der Waals surface area contributed by atoms with Crippen molar-refractivity contribution in [2.75, 3.05) is 32.0 Å². The summed E-state index contributed by atoms with van der Waals surface area (Å²) in [5.41, 5.74) is 2.99. The number of nitrogens with zero attached hydrogens (tertiary/aromatic N) is 3. The van der Waals surface area contributed by atoms with Gasteiger partial charge in [-0.3, -0.25) is 10.3 Å². The fourth-order valence-electron chi connectivity index (χ4n) is 4.14. The molecular weight excluding hydrogens is 378 g/mol. The predicted octanol–water partition coefficient (Wildman–Crippen LogP) is 2.84. The van der Waals surface area contributed by atoms with Crippen molar-refractivity contribution in [1.29, 1.82) is 5.41 Å². The Bertz CT molecular complexity index is 946. The molecule has 1 saturated heterocycles. The fourth-order valence-corrected chi connectivity index (χ4v) is 4.14. The predicted molar refractivity (Wildman–Crippen MR) is 120 cm³/mol. The molecule has 3 heterocycles. The van der Waals surface area contributed by atoms with E-state index in [0.29, 0.717) is 17.3 Å². The van der Waals surface area contributed by atoms with Crippen LogP contribution in [0.1, 0.15) is 31.2 Å². The molecular formula is C22H29N7O. The van der Waals surface area contributed by atoms with Crippen LogP contribution >= 0.6 is 0 Å². The number of allylic oxidation sites excluding steroid dienone is 1. The van der Waals surface area contributed by atoms with Gasteiger partial charge in [0.2, 0.25) is 0 Å². The van der Waals surface area contributed by atoms with E-state index in [1.54, 1.807) is 12.3 Å². The number of fused-ring (bicyclic) bond motifs is 1. The Kier molecular flexibility index (Phi) is 6.23. The minimum absolute atomic E-state index is 0.219. The number of rotatable bonds is 7. The summed E-state index contributed by atoms with van der Waals surface area (Å²) >= 11 is 0. The van der Waals surface area contributed by atoms with Crippen molar-refractivity contribution < 1.29 is 4.79 Å². The highest BCUT2D eigenvalue weighted by atomic mass is 16.2. The van der Waals surface area contributed by atoms with Gasteiger partial charge in [0.1, 0.15) is 5.82 Å². The van der Waals surface area contributed by atoms with Crippen LogP contribution in [0.4, 0.5) is 10.6 Å². The lowest BCUT2D eigenvalue weighted by molar-refractivity contribution is 0.136. The minimum Gasteiger partial charge on any atom is -0.390 e. The summed E-state index contributed by atoms with van der Waals surface area (Å²) in [6.07, 6.45) is 9.35. The highest BCUT2D eigenvalue weighted by Crippen LogP contribution is 2.20. The van der Waals surface area contributed by atoms with E-state index in [9.17, 15) is 4.79 Å². The van der Waals surface area contributed by atoms with Gasteiger partial charge in [-0.25, -0.2) is 9.78 Å². The van der Waals surface area contributed by atoms with Crippen molar-refractivity contribution in [3.63, 3.8) is 0 Å². The van der Waals surface area contributed by atoms with E-state index >= 15 is 0 Å². The van der Waals surface area contributed by atoms with Gasteiger partial charge >= 0.3 is 6.03 Å². The molecule has 0 spiro atoms. The van der Waals surface area contributed by atoms with Crippen LogP contribution in [0.3, 0.4) is 0 Å². The van der Waals surface area contributed by atoms with Crippen molar-refractivity contribution >= 4 is 34.7 Å². The van der Waals surface area contributed by atoms with Crippen molar-refractivity contribution in [2.45, 2.75) is 31.7 Å². The van der Waals surface area contributed by atoms with Gasteiger partial charge in [-0.1, -0.05) is 12.8 Å². The molecule has 0 atom stereocenters. The molecule has 0 bridgehead atoms. The average molecular weight is 408 g/mol. The Morgan fingerprint density at radius 2 is 2.07 bits per heavy atom. The quantitative estimate of drug-likeness (QED) is 0.528. The molecule has 4 rings (SSSR count). The number of hydrogen-bond acceptors (Lipinski definition) is 6. The third-order valence-electron chi connectivity index (χ3n) is 5.76. The van der Waals surface area contributed by atoms with E-state index < -0.39 is 0 Å². The topological polar surface area (TPSA) is 106 Å². The maximum atomic E-state index is 12.2. The van der Waals surface area contributed by atoms with Crippen LogP contribution in [-0.2, 0) is 0 Å². The van der Waals surface area contributed by atoms with Gasteiger partial charge in [0.25, 0.3) is 0 Å². The van der Waals surface area contributed by atoms with Crippen LogP contribution in [0.15, 0.2) is 30.6 Å². The first-order chi connectivity index (χ1) is 14.6.